The lowest BCUT2D eigenvalue weighted by Gasteiger charge is -2.21. The quantitative estimate of drug-likeness (QED) is 0.932. The Hall–Kier alpha value is -1.78. The first-order valence-electron chi connectivity index (χ1n) is 6.64. The first kappa shape index (κ1) is 13.2. The van der Waals surface area contributed by atoms with Crippen LogP contribution in [-0.2, 0) is 13.1 Å². The van der Waals surface area contributed by atoms with Gasteiger partial charge >= 0.3 is 0 Å². The summed E-state index contributed by atoms with van der Waals surface area (Å²) in [5.74, 6) is -1.68. The summed E-state index contributed by atoms with van der Waals surface area (Å²) in [4.78, 5) is 2.15. The SMILES string of the molecule is NC(CN1Cc2ccccc2C1)c1cccc(F)c1F. The van der Waals surface area contributed by atoms with Crippen molar-refractivity contribution >= 4 is 0 Å². The Kier molecular flexibility index (Phi) is 3.51. The lowest BCUT2D eigenvalue weighted by Crippen LogP contribution is -2.29. The van der Waals surface area contributed by atoms with Crippen LogP contribution in [-0.4, -0.2) is 11.4 Å². The lowest BCUT2D eigenvalue weighted by atomic mass is 10.1. The molecule has 4 heteroatoms. The van der Waals surface area contributed by atoms with Gasteiger partial charge < -0.3 is 5.73 Å². The van der Waals surface area contributed by atoms with Crippen LogP contribution in [0.2, 0.25) is 0 Å². The Labute approximate surface area is 116 Å². The van der Waals surface area contributed by atoms with Crippen LogP contribution in [0.1, 0.15) is 22.7 Å². The third-order valence-corrected chi connectivity index (χ3v) is 3.74. The normalized spacial score (nSPS) is 16.1. The number of nitrogens with two attached hydrogens (primary N) is 1. The minimum Gasteiger partial charge on any atom is -0.323 e. The highest BCUT2D eigenvalue weighted by molar-refractivity contribution is 5.30. The smallest absolute Gasteiger partial charge is 0.163 e. The Morgan fingerprint density at radius 1 is 1.00 bits per heavy atom. The molecule has 104 valence electrons. The van der Waals surface area contributed by atoms with Gasteiger partial charge in [-0.05, 0) is 17.2 Å². The van der Waals surface area contributed by atoms with Crippen LogP contribution >= 0.6 is 0 Å². The summed E-state index contributed by atoms with van der Waals surface area (Å²) >= 11 is 0. The van der Waals surface area contributed by atoms with E-state index in [1.165, 1.54) is 17.2 Å². The molecule has 0 saturated carbocycles. The molecule has 0 amide bonds. The van der Waals surface area contributed by atoms with E-state index in [9.17, 15) is 8.78 Å². The summed E-state index contributed by atoms with van der Waals surface area (Å²) in [6.07, 6.45) is 0. The molecule has 1 aliphatic heterocycles. The molecule has 2 aromatic carbocycles. The Morgan fingerprint density at radius 2 is 1.65 bits per heavy atom. The van der Waals surface area contributed by atoms with Crippen molar-refractivity contribution in [1.29, 1.82) is 0 Å². The third kappa shape index (κ3) is 2.44. The van der Waals surface area contributed by atoms with Gasteiger partial charge in [-0.1, -0.05) is 36.4 Å². The molecule has 1 heterocycles. The van der Waals surface area contributed by atoms with Crippen LogP contribution in [0.3, 0.4) is 0 Å². The molecule has 20 heavy (non-hydrogen) atoms. The summed E-state index contributed by atoms with van der Waals surface area (Å²) in [6, 6.07) is 11.8. The number of nitrogens with zero attached hydrogens (tertiary/aromatic N) is 1. The third-order valence-electron chi connectivity index (χ3n) is 3.74. The van der Waals surface area contributed by atoms with Crippen molar-refractivity contribution in [2.75, 3.05) is 6.54 Å². The monoisotopic (exact) mass is 274 g/mol. The van der Waals surface area contributed by atoms with Gasteiger partial charge in [0.15, 0.2) is 11.6 Å². The molecular weight excluding hydrogens is 258 g/mol. The first-order valence-corrected chi connectivity index (χ1v) is 6.64. The Balaban J connectivity index is 1.72. The number of hydrogen-bond acceptors (Lipinski definition) is 2. The van der Waals surface area contributed by atoms with Crippen LogP contribution in [0.25, 0.3) is 0 Å². The molecule has 0 fully saturated rings. The predicted molar refractivity (Wildman–Crippen MR) is 73.8 cm³/mol. The van der Waals surface area contributed by atoms with E-state index in [0.29, 0.717) is 6.54 Å². The topological polar surface area (TPSA) is 29.3 Å². The van der Waals surface area contributed by atoms with Crippen LogP contribution < -0.4 is 5.73 Å². The molecule has 3 rings (SSSR count). The van der Waals surface area contributed by atoms with E-state index < -0.39 is 17.7 Å². The van der Waals surface area contributed by atoms with Crippen molar-refractivity contribution in [1.82, 2.24) is 4.90 Å². The van der Waals surface area contributed by atoms with E-state index in [4.69, 9.17) is 5.73 Å². The van der Waals surface area contributed by atoms with Crippen molar-refractivity contribution in [3.8, 4) is 0 Å². The minimum atomic E-state index is -0.845. The fourth-order valence-electron chi connectivity index (χ4n) is 2.72. The molecule has 0 bridgehead atoms. The number of rotatable bonds is 3. The number of benzene rings is 2. The summed E-state index contributed by atoms with van der Waals surface area (Å²) in [7, 11) is 0. The molecule has 0 radical (unpaired) electrons. The van der Waals surface area contributed by atoms with Crippen molar-refractivity contribution in [2.45, 2.75) is 19.1 Å². The zero-order valence-corrected chi connectivity index (χ0v) is 11.0. The van der Waals surface area contributed by atoms with Crippen molar-refractivity contribution in [3.05, 3.63) is 70.8 Å². The van der Waals surface area contributed by atoms with Gasteiger partial charge in [-0.15, -0.1) is 0 Å². The van der Waals surface area contributed by atoms with Crippen molar-refractivity contribution < 1.29 is 8.78 Å². The highest BCUT2D eigenvalue weighted by Crippen LogP contribution is 2.25. The van der Waals surface area contributed by atoms with E-state index in [1.807, 2.05) is 12.1 Å². The Bertz CT molecular complexity index is 603. The van der Waals surface area contributed by atoms with Crippen LogP contribution in [0.5, 0.6) is 0 Å². The van der Waals surface area contributed by atoms with Crippen LogP contribution in [0.15, 0.2) is 42.5 Å². The second-order valence-corrected chi connectivity index (χ2v) is 5.19. The highest BCUT2D eigenvalue weighted by atomic mass is 19.2. The van der Waals surface area contributed by atoms with Gasteiger partial charge in [-0.3, -0.25) is 4.90 Å². The highest BCUT2D eigenvalue weighted by Gasteiger charge is 2.22. The molecule has 0 aromatic heterocycles. The number of fused-ring (bicyclic) bond motifs is 1. The second-order valence-electron chi connectivity index (χ2n) is 5.19. The van der Waals surface area contributed by atoms with Gasteiger partial charge in [0.1, 0.15) is 0 Å². The fourth-order valence-corrected chi connectivity index (χ4v) is 2.72. The fraction of sp³-hybridized carbons (Fsp3) is 0.250. The van der Waals surface area contributed by atoms with Crippen LogP contribution in [0, 0.1) is 11.6 Å². The summed E-state index contributed by atoms with van der Waals surface area (Å²) in [5.41, 5.74) is 8.82. The van der Waals surface area contributed by atoms with Crippen molar-refractivity contribution in [2.24, 2.45) is 5.73 Å². The van der Waals surface area contributed by atoms with E-state index in [2.05, 4.69) is 17.0 Å². The standard InChI is InChI=1S/C16H16F2N2/c17-14-7-3-6-13(16(14)18)15(19)10-20-8-11-4-1-2-5-12(11)9-20/h1-7,15H,8-10,19H2. The van der Waals surface area contributed by atoms with Gasteiger partial charge in [0.05, 0.1) is 0 Å². The van der Waals surface area contributed by atoms with Gasteiger partial charge in [0.25, 0.3) is 0 Å². The van der Waals surface area contributed by atoms with Crippen molar-refractivity contribution in [3.63, 3.8) is 0 Å². The van der Waals surface area contributed by atoms with Gasteiger partial charge in [0, 0.05) is 31.2 Å². The number of halogens is 2. The minimum absolute atomic E-state index is 0.237. The largest absolute Gasteiger partial charge is 0.323 e. The maximum atomic E-state index is 13.7. The maximum absolute atomic E-state index is 13.7. The molecule has 0 saturated heterocycles. The average Bonchev–Trinajstić information content (AvgIpc) is 2.83. The number of hydrogen-bond donors (Lipinski definition) is 1. The summed E-state index contributed by atoms with van der Waals surface area (Å²) in [6.45, 7) is 2.12. The molecule has 2 aromatic rings. The zero-order valence-electron chi connectivity index (χ0n) is 11.0. The summed E-state index contributed by atoms with van der Waals surface area (Å²) in [5, 5.41) is 0. The molecule has 1 unspecified atom stereocenters. The van der Waals surface area contributed by atoms with E-state index in [-0.39, 0.29) is 5.56 Å². The first-order chi connectivity index (χ1) is 9.65. The van der Waals surface area contributed by atoms with Gasteiger partial charge in [0.2, 0.25) is 0 Å². The van der Waals surface area contributed by atoms with Gasteiger partial charge in [-0.25, -0.2) is 8.78 Å². The predicted octanol–water partition coefficient (Wildman–Crippen LogP) is 2.98. The van der Waals surface area contributed by atoms with Gasteiger partial charge in [-0.2, -0.15) is 0 Å². The maximum Gasteiger partial charge on any atom is 0.163 e. The molecule has 2 nitrogen and oxygen atoms in total. The van der Waals surface area contributed by atoms with E-state index in [0.717, 1.165) is 19.2 Å². The molecule has 0 aliphatic carbocycles. The molecule has 0 spiro atoms. The molecule has 2 N–H and O–H groups in total. The molecule has 1 atom stereocenters. The summed E-state index contributed by atoms with van der Waals surface area (Å²) < 4.78 is 26.9. The van der Waals surface area contributed by atoms with E-state index in [1.54, 1.807) is 6.07 Å². The Morgan fingerprint density at radius 3 is 2.30 bits per heavy atom. The lowest BCUT2D eigenvalue weighted by molar-refractivity contribution is 0.263. The average molecular weight is 274 g/mol. The zero-order chi connectivity index (χ0) is 14.1. The second kappa shape index (κ2) is 5.31. The van der Waals surface area contributed by atoms with Crippen LogP contribution in [0.4, 0.5) is 8.78 Å². The van der Waals surface area contributed by atoms with E-state index >= 15 is 0 Å². The molecule has 1 aliphatic rings. The molecular formula is C16H16F2N2.